The summed E-state index contributed by atoms with van der Waals surface area (Å²) < 4.78 is 5.03. The van der Waals surface area contributed by atoms with Gasteiger partial charge in [-0.25, -0.2) is 9.78 Å². The lowest BCUT2D eigenvalue weighted by atomic mass is 10.2. The molecule has 2 saturated heterocycles. The topological polar surface area (TPSA) is 65.9 Å². The number of ether oxygens (including phenoxy) is 1. The third-order valence-electron chi connectivity index (χ3n) is 3.75. The second kappa shape index (κ2) is 4.04. The van der Waals surface area contributed by atoms with E-state index in [1.54, 1.807) is 13.3 Å². The summed E-state index contributed by atoms with van der Waals surface area (Å²) in [5, 5.41) is 9.04. The second-order valence-electron chi connectivity index (χ2n) is 4.69. The van der Waals surface area contributed by atoms with Gasteiger partial charge in [0.15, 0.2) is 0 Å². The number of aromatic nitrogens is 1. The minimum atomic E-state index is -0.810. The van der Waals surface area contributed by atoms with Crippen LogP contribution in [0.15, 0.2) is 18.3 Å². The number of nitrogens with zero attached hydrogens (tertiary/aromatic N) is 3. The average molecular weight is 249 g/mol. The molecule has 2 atom stereocenters. The van der Waals surface area contributed by atoms with Gasteiger partial charge in [0.2, 0.25) is 5.88 Å². The SMILES string of the molecule is COc1ccc(N2C[C@@H]3C[C@H]2CN3C(=O)O)cn1. The van der Waals surface area contributed by atoms with Crippen LogP contribution in [0.2, 0.25) is 0 Å². The number of amides is 1. The van der Waals surface area contributed by atoms with Crippen LogP contribution in [0, 0.1) is 0 Å². The Labute approximate surface area is 105 Å². The quantitative estimate of drug-likeness (QED) is 0.848. The Bertz CT molecular complexity index is 462. The highest BCUT2D eigenvalue weighted by Crippen LogP contribution is 2.34. The number of fused-ring (bicyclic) bond motifs is 2. The molecule has 0 radical (unpaired) electrons. The van der Waals surface area contributed by atoms with Gasteiger partial charge < -0.3 is 19.6 Å². The van der Waals surface area contributed by atoms with Gasteiger partial charge in [-0.2, -0.15) is 0 Å². The molecule has 2 aliphatic rings. The number of pyridine rings is 1. The standard InChI is InChI=1S/C12H15N3O3/c1-18-11-3-2-8(5-13-11)14-6-10-4-9(14)7-15(10)12(16)17/h2-3,5,9-10H,4,6-7H2,1H3,(H,16,17)/t9-,10-/m0/s1. The van der Waals surface area contributed by atoms with Gasteiger partial charge >= 0.3 is 6.09 Å². The molecule has 2 aliphatic heterocycles. The summed E-state index contributed by atoms with van der Waals surface area (Å²) in [6.07, 6.45) is 1.89. The summed E-state index contributed by atoms with van der Waals surface area (Å²) in [4.78, 5) is 19.0. The zero-order chi connectivity index (χ0) is 12.7. The predicted molar refractivity (Wildman–Crippen MR) is 65.1 cm³/mol. The molecule has 2 fully saturated rings. The predicted octanol–water partition coefficient (Wildman–Crippen LogP) is 1.03. The third kappa shape index (κ3) is 1.64. The monoisotopic (exact) mass is 249 g/mol. The van der Waals surface area contributed by atoms with Crippen molar-refractivity contribution in [2.75, 3.05) is 25.1 Å². The number of hydrogen-bond acceptors (Lipinski definition) is 4. The highest BCUT2D eigenvalue weighted by molar-refractivity contribution is 5.67. The molecule has 0 saturated carbocycles. The lowest BCUT2D eigenvalue weighted by Crippen LogP contribution is -2.48. The first kappa shape index (κ1) is 11.1. The van der Waals surface area contributed by atoms with Gasteiger partial charge in [-0.05, 0) is 12.5 Å². The largest absolute Gasteiger partial charge is 0.481 e. The molecule has 6 nitrogen and oxygen atoms in total. The van der Waals surface area contributed by atoms with E-state index in [0.717, 1.165) is 18.7 Å². The maximum Gasteiger partial charge on any atom is 0.407 e. The van der Waals surface area contributed by atoms with Crippen LogP contribution in [-0.4, -0.2) is 53.4 Å². The zero-order valence-corrected chi connectivity index (χ0v) is 10.1. The molecule has 3 heterocycles. The van der Waals surface area contributed by atoms with E-state index in [1.807, 2.05) is 12.1 Å². The molecule has 0 aromatic carbocycles. The Balaban J connectivity index is 1.75. The fourth-order valence-corrected chi connectivity index (χ4v) is 2.88. The van der Waals surface area contributed by atoms with E-state index in [0.29, 0.717) is 12.4 Å². The highest BCUT2D eigenvalue weighted by atomic mass is 16.5. The van der Waals surface area contributed by atoms with E-state index in [1.165, 1.54) is 4.90 Å². The van der Waals surface area contributed by atoms with Gasteiger partial charge in [-0.3, -0.25) is 0 Å². The summed E-state index contributed by atoms with van der Waals surface area (Å²) in [5.74, 6) is 0.593. The van der Waals surface area contributed by atoms with Crippen LogP contribution in [0.25, 0.3) is 0 Å². The average Bonchev–Trinajstić information content (AvgIpc) is 2.98. The summed E-state index contributed by atoms with van der Waals surface area (Å²) in [6, 6.07) is 4.20. The molecule has 1 amide bonds. The Hall–Kier alpha value is -1.98. The van der Waals surface area contributed by atoms with Crippen molar-refractivity contribution in [3.63, 3.8) is 0 Å². The summed E-state index contributed by atoms with van der Waals surface area (Å²) in [5.41, 5.74) is 1.04. The van der Waals surface area contributed by atoms with Crippen LogP contribution in [-0.2, 0) is 0 Å². The first-order chi connectivity index (χ1) is 8.69. The molecule has 2 bridgehead atoms. The Morgan fingerprint density at radius 2 is 2.28 bits per heavy atom. The van der Waals surface area contributed by atoms with Gasteiger partial charge in [0.1, 0.15) is 0 Å². The van der Waals surface area contributed by atoms with E-state index in [2.05, 4.69) is 9.88 Å². The van der Waals surface area contributed by atoms with Crippen LogP contribution >= 0.6 is 0 Å². The molecule has 1 N–H and O–H groups in total. The third-order valence-corrected chi connectivity index (χ3v) is 3.75. The van der Waals surface area contributed by atoms with Gasteiger partial charge in [0.05, 0.1) is 25.0 Å². The smallest absolute Gasteiger partial charge is 0.407 e. The molecule has 0 spiro atoms. The Morgan fingerprint density at radius 1 is 1.44 bits per heavy atom. The van der Waals surface area contributed by atoms with E-state index >= 15 is 0 Å². The summed E-state index contributed by atoms with van der Waals surface area (Å²) in [6.45, 7) is 1.34. The number of hydrogen-bond donors (Lipinski definition) is 1. The van der Waals surface area contributed by atoms with Crippen LogP contribution in [0.3, 0.4) is 0 Å². The van der Waals surface area contributed by atoms with E-state index in [9.17, 15) is 4.79 Å². The van der Waals surface area contributed by atoms with Gasteiger partial charge in [-0.1, -0.05) is 0 Å². The van der Waals surface area contributed by atoms with Crippen LogP contribution in [0.1, 0.15) is 6.42 Å². The van der Waals surface area contributed by atoms with Crippen molar-refractivity contribution < 1.29 is 14.6 Å². The fraction of sp³-hybridized carbons (Fsp3) is 0.500. The Morgan fingerprint density at radius 3 is 2.78 bits per heavy atom. The first-order valence-corrected chi connectivity index (χ1v) is 5.95. The molecule has 0 unspecified atom stereocenters. The highest BCUT2D eigenvalue weighted by Gasteiger charge is 2.45. The van der Waals surface area contributed by atoms with Gasteiger partial charge in [0.25, 0.3) is 0 Å². The first-order valence-electron chi connectivity index (χ1n) is 5.95. The van der Waals surface area contributed by atoms with Crippen molar-refractivity contribution in [2.24, 2.45) is 0 Å². The number of likely N-dealkylation sites (tertiary alicyclic amines) is 1. The van der Waals surface area contributed by atoms with Crippen molar-refractivity contribution in [3.8, 4) is 5.88 Å². The maximum absolute atomic E-state index is 11.0. The number of rotatable bonds is 2. The normalized spacial score (nSPS) is 25.6. The zero-order valence-electron chi connectivity index (χ0n) is 10.1. The van der Waals surface area contributed by atoms with Crippen LogP contribution in [0.5, 0.6) is 5.88 Å². The lowest BCUT2D eigenvalue weighted by Gasteiger charge is -2.33. The van der Waals surface area contributed by atoms with Gasteiger partial charge in [0, 0.05) is 25.2 Å². The number of methoxy groups -OCH3 is 1. The molecule has 6 heteroatoms. The fourth-order valence-electron chi connectivity index (χ4n) is 2.88. The minimum absolute atomic E-state index is 0.120. The molecule has 18 heavy (non-hydrogen) atoms. The molecule has 0 aliphatic carbocycles. The van der Waals surface area contributed by atoms with E-state index < -0.39 is 6.09 Å². The van der Waals surface area contributed by atoms with E-state index in [4.69, 9.17) is 9.84 Å². The maximum atomic E-state index is 11.0. The van der Waals surface area contributed by atoms with E-state index in [-0.39, 0.29) is 12.1 Å². The second-order valence-corrected chi connectivity index (χ2v) is 4.69. The van der Waals surface area contributed by atoms with Crippen LogP contribution in [0.4, 0.5) is 10.5 Å². The van der Waals surface area contributed by atoms with Crippen LogP contribution < -0.4 is 9.64 Å². The number of carbonyl (C=O) groups is 1. The minimum Gasteiger partial charge on any atom is -0.481 e. The Kier molecular flexibility index (Phi) is 2.50. The van der Waals surface area contributed by atoms with Gasteiger partial charge in [-0.15, -0.1) is 0 Å². The lowest BCUT2D eigenvalue weighted by molar-refractivity contribution is 0.137. The van der Waals surface area contributed by atoms with Crippen molar-refractivity contribution in [2.45, 2.75) is 18.5 Å². The summed E-state index contributed by atoms with van der Waals surface area (Å²) in [7, 11) is 1.59. The molecule has 1 aromatic heterocycles. The van der Waals surface area contributed by atoms with Crippen molar-refractivity contribution in [1.29, 1.82) is 0 Å². The number of piperazine rings is 1. The van der Waals surface area contributed by atoms with Crippen molar-refractivity contribution in [3.05, 3.63) is 18.3 Å². The molecular formula is C12H15N3O3. The summed E-state index contributed by atoms with van der Waals surface area (Å²) >= 11 is 0. The molecular weight excluding hydrogens is 234 g/mol. The number of anilines is 1. The van der Waals surface area contributed by atoms with Crippen molar-refractivity contribution in [1.82, 2.24) is 9.88 Å². The molecule has 1 aromatic rings. The molecule has 96 valence electrons. The number of carboxylic acid groups (broad SMARTS) is 1. The van der Waals surface area contributed by atoms with Crippen molar-refractivity contribution >= 4 is 11.8 Å². The molecule has 3 rings (SSSR count).